The molecule has 0 atom stereocenters. The zero-order valence-corrected chi connectivity index (χ0v) is 16.5. The molecule has 1 aliphatic rings. The van der Waals surface area contributed by atoms with Crippen LogP contribution in [0.4, 0.5) is 5.69 Å². The summed E-state index contributed by atoms with van der Waals surface area (Å²) in [5.74, 6) is -1.34. The summed E-state index contributed by atoms with van der Waals surface area (Å²) in [5.41, 5.74) is 2.43. The van der Waals surface area contributed by atoms with Gasteiger partial charge >= 0.3 is 5.97 Å². The van der Waals surface area contributed by atoms with Crippen molar-refractivity contribution >= 4 is 56.0 Å². The SMILES string of the molecule is C/C(=C1/SC(N(C)c2ccccc2C(=O)O)=NC1=O)c1ccc(Br)cc1. The number of benzene rings is 2. The maximum Gasteiger partial charge on any atom is 0.337 e. The smallest absolute Gasteiger partial charge is 0.337 e. The van der Waals surface area contributed by atoms with Gasteiger partial charge in [-0.3, -0.25) is 4.79 Å². The molecule has 0 bridgehead atoms. The third-order valence-electron chi connectivity index (χ3n) is 3.99. The molecule has 5 nitrogen and oxygen atoms in total. The van der Waals surface area contributed by atoms with Crippen molar-refractivity contribution in [2.75, 3.05) is 11.9 Å². The number of aromatic carboxylic acids is 1. The largest absolute Gasteiger partial charge is 0.478 e. The minimum atomic E-state index is -1.02. The van der Waals surface area contributed by atoms with E-state index in [9.17, 15) is 14.7 Å². The van der Waals surface area contributed by atoms with Crippen LogP contribution in [-0.2, 0) is 4.79 Å². The molecule has 0 radical (unpaired) electrons. The molecule has 0 aromatic heterocycles. The molecule has 0 fully saturated rings. The topological polar surface area (TPSA) is 70.0 Å². The summed E-state index contributed by atoms with van der Waals surface area (Å²) < 4.78 is 0.964. The van der Waals surface area contributed by atoms with Gasteiger partial charge in [-0.05, 0) is 54.1 Å². The molecule has 0 aliphatic carbocycles. The van der Waals surface area contributed by atoms with Crippen molar-refractivity contribution in [3.63, 3.8) is 0 Å². The van der Waals surface area contributed by atoms with Gasteiger partial charge in [0.25, 0.3) is 5.91 Å². The monoisotopic (exact) mass is 430 g/mol. The number of aliphatic imine (C=N–C) groups is 1. The van der Waals surface area contributed by atoms with E-state index in [-0.39, 0.29) is 11.5 Å². The van der Waals surface area contributed by atoms with E-state index in [0.29, 0.717) is 15.8 Å². The Bertz CT molecular complexity index is 952. The molecule has 1 aliphatic heterocycles. The molecule has 0 unspecified atom stereocenters. The lowest BCUT2D eigenvalue weighted by Crippen LogP contribution is -2.24. The third-order valence-corrected chi connectivity index (χ3v) is 5.75. The number of carbonyl (C=O) groups is 2. The second-order valence-corrected chi connectivity index (χ2v) is 7.54. The van der Waals surface area contributed by atoms with Crippen LogP contribution in [0.2, 0.25) is 0 Å². The second-order valence-electron chi connectivity index (χ2n) is 5.64. The minimum Gasteiger partial charge on any atom is -0.478 e. The Morgan fingerprint density at radius 2 is 1.81 bits per heavy atom. The lowest BCUT2D eigenvalue weighted by Gasteiger charge is -2.19. The molecular formula is C19H15BrN2O3S. The quantitative estimate of drug-likeness (QED) is 0.717. The van der Waals surface area contributed by atoms with E-state index in [1.165, 1.54) is 17.8 Å². The maximum absolute atomic E-state index is 12.4. The van der Waals surface area contributed by atoms with Gasteiger partial charge in [-0.2, -0.15) is 4.99 Å². The van der Waals surface area contributed by atoms with E-state index in [1.807, 2.05) is 31.2 Å². The van der Waals surface area contributed by atoms with E-state index < -0.39 is 5.97 Å². The van der Waals surface area contributed by atoms with E-state index in [2.05, 4.69) is 20.9 Å². The van der Waals surface area contributed by atoms with Crippen LogP contribution < -0.4 is 4.90 Å². The fraction of sp³-hybridized carbons (Fsp3) is 0.105. The number of para-hydroxylation sites is 1. The Morgan fingerprint density at radius 3 is 2.46 bits per heavy atom. The first-order valence-electron chi connectivity index (χ1n) is 7.72. The number of hydrogen-bond acceptors (Lipinski definition) is 4. The van der Waals surface area contributed by atoms with Gasteiger partial charge in [-0.15, -0.1) is 0 Å². The van der Waals surface area contributed by atoms with E-state index >= 15 is 0 Å². The summed E-state index contributed by atoms with van der Waals surface area (Å²) in [6.45, 7) is 1.88. The van der Waals surface area contributed by atoms with E-state index in [4.69, 9.17) is 0 Å². The van der Waals surface area contributed by atoms with Crippen molar-refractivity contribution in [3.05, 3.63) is 69.0 Å². The zero-order valence-electron chi connectivity index (χ0n) is 14.1. The summed E-state index contributed by atoms with van der Waals surface area (Å²) in [6, 6.07) is 14.3. The number of anilines is 1. The summed E-state index contributed by atoms with van der Waals surface area (Å²) in [6.07, 6.45) is 0. The predicted octanol–water partition coefficient (Wildman–Crippen LogP) is 4.64. The van der Waals surface area contributed by atoms with E-state index in [0.717, 1.165) is 15.6 Å². The minimum absolute atomic E-state index is 0.160. The highest BCUT2D eigenvalue weighted by Crippen LogP contribution is 2.36. The van der Waals surface area contributed by atoms with E-state index in [1.54, 1.807) is 30.1 Å². The molecule has 3 rings (SSSR count). The fourth-order valence-electron chi connectivity index (χ4n) is 2.56. The standard InChI is InChI=1S/C19H15BrN2O3S/c1-11(12-7-9-13(20)10-8-12)16-17(23)21-19(26-16)22(2)15-6-4-3-5-14(15)18(24)25/h3-10H,1-2H3,(H,24,25)/b16-11-. The van der Waals surface area contributed by atoms with Crippen molar-refractivity contribution in [2.24, 2.45) is 4.99 Å². The van der Waals surface area contributed by atoms with Crippen LogP contribution in [-0.4, -0.2) is 29.2 Å². The number of carbonyl (C=O) groups excluding carboxylic acids is 1. The highest BCUT2D eigenvalue weighted by molar-refractivity contribution is 9.10. The highest BCUT2D eigenvalue weighted by atomic mass is 79.9. The molecule has 2 aromatic carbocycles. The number of carboxylic acids is 1. The molecule has 0 saturated carbocycles. The summed E-state index contributed by atoms with van der Waals surface area (Å²) in [5, 5.41) is 9.82. The van der Waals surface area contributed by atoms with Gasteiger partial charge in [0.2, 0.25) is 0 Å². The van der Waals surface area contributed by atoms with Crippen LogP contribution in [0, 0.1) is 0 Å². The molecule has 1 N–H and O–H groups in total. The molecule has 1 heterocycles. The van der Waals surface area contributed by atoms with Crippen LogP contribution in [0.1, 0.15) is 22.8 Å². The number of amidine groups is 1. The molecular weight excluding hydrogens is 416 g/mol. The number of thioether (sulfide) groups is 1. The first kappa shape index (κ1) is 18.4. The van der Waals surface area contributed by atoms with Crippen LogP contribution in [0.25, 0.3) is 5.57 Å². The van der Waals surface area contributed by atoms with Gasteiger partial charge in [0, 0.05) is 11.5 Å². The maximum atomic E-state index is 12.4. The van der Waals surface area contributed by atoms with Crippen molar-refractivity contribution in [1.82, 2.24) is 0 Å². The first-order valence-corrected chi connectivity index (χ1v) is 9.33. The summed E-state index contributed by atoms with van der Waals surface area (Å²) in [4.78, 5) is 30.1. The van der Waals surface area contributed by atoms with Gasteiger partial charge in [0.1, 0.15) is 0 Å². The van der Waals surface area contributed by atoms with Gasteiger partial charge in [-0.25, -0.2) is 4.79 Å². The van der Waals surface area contributed by atoms with Crippen LogP contribution in [0.15, 0.2) is 62.9 Å². The van der Waals surface area contributed by atoms with Gasteiger partial charge in [-0.1, -0.05) is 40.2 Å². The Morgan fingerprint density at radius 1 is 1.15 bits per heavy atom. The van der Waals surface area contributed by atoms with Gasteiger partial charge in [0.05, 0.1) is 16.2 Å². The Hall–Kier alpha value is -2.38. The van der Waals surface area contributed by atoms with Crippen molar-refractivity contribution in [1.29, 1.82) is 0 Å². The normalized spacial score (nSPS) is 15.7. The Balaban J connectivity index is 1.92. The molecule has 132 valence electrons. The summed E-state index contributed by atoms with van der Waals surface area (Å²) in [7, 11) is 1.71. The Kier molecular flexibility index (Phi) is 5.29. The number of hydrogen-bond donors (Lipinski definition) is 1. The number of nitrogens with zero attached hydrogens (tertiary/aromatic N) is 2. The molecule has 7 heteroatoms. The molecule has 1 amide bonds. The van der Waals surface area contributed by atoms with Crippen molar-refractivity contribution in [2.45, 2.75) is 6.92 Å². The number of carboxylic acid groups (broad SMARTS) is 1. The molecule has 26 heavy (non-hydrogen) atoms. The van der Waals surface area contributed by atoms with Crippen LogP contribution in [0.3, 0.4) is 0 Å². The average molecular weight is 431 g/mol. The van der Waals surface area contributed by atoms with Gasteiger partial charge < -0.3 is 10.0 Å². The van der Waals surface area contributed by atoms with Crippen molar-refractivity contribution < 1.29 is 14.7 Å². The molecule has 0 saturated heterocycles. The number of rotatable bonds is 3. The molecule has 2 aromatic rings. The lowest BCUT2D eigenvalue weighted by molar-refractivity contribution is -0.113. The predicted molar refractivity (Wildman–Crippen MR) is 109 cm³/mol. The third kappa shape index (κ3) is 3.59. The van der Waals surface area contributed by atoms with Crippen molar-refractivity contribution in [3.8, 4) is 0 Å². The number of amides is 1. The second kappa shape index (κ2) is 7.47. The Labute approximate surface area is 163 Å². The number of allylic oxidation sites excluding steroid dienone is 1. The summed E-state index contributed by atoms with van der Waals surface area (Å²) >= 11 is 4.65. The van der Waals surface area contributed by atoms with Gasteiger partial charge in [0.15, 0.2) is 5.17 Å². The molecule has 0 spiro atoms. The van der Waals surface area contributed by atoms with Crippen LogP contribution in [0.5, 0.6) is 0 Å². The number of halogens is 1. The highest BCUT2D eigenvalue weighted by Gasteiger charge is 2.28. The fourth-order valence-corrected chi connectivity index (χ4v) is 3.77. The van der Waals surface area contributed by atoms with Crippen LogP contribution >= 0.6 is 27.7 Å². The lowest BCUT2D eigenvalue weighted by atomic mass is 10.1. The first-order chi connectivity index (χ1) is 12.4. The zero-order chi connectivity index (χ0) is 18.8. The average Bonchev–Trinajstić information content (AvgIpc) is 3.02.